The lowest BCUT2D eigenvalue weighted by molar-refractivity contribution is 0.110. The highest BCUT2D eigenvalue weighted by Crippen LogP contribution is 2.37. The van der Waals surface area contributed by atoms with Crippen LogP contribution in [0.5, 0.6) is 0 Å². The van der Waals surface area contributed by atoms with Crippen molar-refractivity contribution in [2.75, 3.05) is 0 Å². The molecule has 0 fully saturated rings. The molecule has 1 aromatic heterocycles. The molecule has 5 rings (SSSR count). The smallest absolute Gasteiger partial charge is 0.185 e. The lowest BCUT2D eigenvalue weighted by Gasteiger charge is -2.29. The fourth-order valence-corrected chi connectivity index (χ4v) is 5.07. The van der Waals surface area contributed by atoms with Crippen LogP contribution in [0.1, 0.15) is 35.5 Å². The van der Waals surface area contributed by atoms with E-state index in [2.05, 4.69) is 62.4 Å². The Morgan fingerprint density at radius 1 is 0.967 bits per heavy atom. The molecule has 0 aliphatic carbocycles. The van der Waals surface area contributed by atoms with Crippen molar-refractivity contribution in [2.45, 2.75) is 30.7 Å². The fraction of sp³-hybridized carbons (Fsp3) is 0.154. The van der Waals surface area contributed by atoms with Crippen LogP contribution in [0, 0.1) is 0 Å². The zero-order valence-corrected chi connectivity index (χ0v) is 17.7. The maximum Gasteiger partial charge on any atom is 0.185 e. The first-order valence-electron chi connectivity index (χ1n) is 9.97. The second kappa shape index (κ2) is 7.29. The predicted molar refractivity (Wildman–Crippen MR) is 124 cm³/mol. The Hall–Kier alpha value is -3.11. The van der Waals surface area contributed by atoms with Crippen LogP contribution in [0.2, 0.25) is 0 Å². The van der Waals surface area contributed by atoms with Crippen molar-refractivity contribution in [3.63, 3.8) is 0 Å². The van der Waals surface area contributed by atoms with E-state index in [9.17, 15) is 4.79 Å². The topological polar surface area (TPSA) is 42.6 Å². The molecule has 0 N–H and O–H groups in total. The van der Waals surface area contributed by atoms with Crippen LogP contribution >= 0.6 is 11.8 Å². The summed E-state index contributed by atoms with van der Waals surface area (Å²) in [7, 11) is 0. The standard InChI is InChI=1S/C26H21NO2S/c1-26(2)15-23-21-6-4-3-5-17(21)9-13-22(23)25(27-26)30-20-11-7-18(8-12-20)24-14-10-19(16-28)29-24/h3-14,16H,15H2,1-2H3. The van der Waals surface area contributed by atoms with E-state index < -0.39 is 0 Å². The number of nitrogens with zero attached hydrogens (tertiary/aromatic N) is 1. The first-order chi connectivity index (χ1) is 14.5. The molecule has 0 radical (unpaired) electrons. The Morgan fingerprint density at radius 3 is 2.53 bits per heavy atom. The minimum atomic E-state index is -0.140. The molecule has 4 heteroatoms. The number of hydrogen-bond donors (Lipinski definition) is 0. The molecule has 1 aliphatic heterocycles. The summed E-state index contributed by atoms with van der Waals surface area (Å²) in [6, 6.07) is 24.7. The van der Waals surface area contributed by atoms with Crippen molar-refractivity contribution in [3.05, 3.63) is 89.7 Å². The van der Waals surface area contributed by atoms with Crippen LogP contribution in [0.3, 0.4) is 0 Å². The SMILES string of the molecule is CC1(C)Cc2c(ccc3ccccc23)C(Sc2ccc(-c3ccc(C=O)o3)cc2)=N1. The Morgan fingerprint density at radius 2 is 1.77 bits per heavy atom. The second-order valence-electron chi connectivity index (χ2n) is 8.17. The Kier molecular flexibility index (Phi) is 4.59. The van der Waals surface area contributed by atoms with E-state index in [0.717, 1.165) is 28.2 Å². The van der Waals surface area contributed by atoms with Gasteiger partial charge >= 0.3 is 0 Å². The largest absolute Gasteiger partial charge is 0.453 e. The molecule has 0 atom stereocenters. The molecule has 0 saturated carbocycles. The molecule has 0 amide bonds. The number of carbonyl (C=O) groups is 1. The minimum absolute atomic E-state index is 0.140. The van der Waals surface area contributed by atoms with Gasteiger partial charge in [0.15, 0.2) is 12.0 Å². The number of furan rings is 1. The van der Waals surface area contributed by atoms with Gasteiger partial charge in [-0.1, -0.05) is 60.3 Å². The van der Waals surface area contributed by atoms with Gasteiger partial charge in [0.05, 0.1) is 5.54 Å². The number of rotatable bonds is 3. The summed E-state index contributed by atoms with van der Waals surface area (Å²) in [6.45, 7) is 4.39. The number of benzene rings is 3. The van der Waals surface area contributed by atoms with Gasteiger partial charge < -0.3 is 4.42 Å². The van der Waals surface area contributed by atoms with Crippen LogP contribution in [0.25, 0.3) is 22.1 Å². The fourth-order valence-electron chi connectivity index (χ4n) is 3.98. The molecule has 2 heterocycles. The zero-order chi connectivity index (χ0) is 20.7. The summed E-state index contributed by atoms with van der Waals surface area (Å²) in [5, 5.41) is 3.65. The van der Waals surface area contributed by atoms with Gasteiger partial charge in [-0.25, -0.2) is 0 Å². The molecular formula is C26H21NO2S. The van der Waals surface area contributed by atoms with E-state index >= 15 is 0 Å². The summed E-state index contributed by atoms with van der Waals surface area (Å²) < 4.78 is 5.52. The number of fused-ring (bicyclic) bond motifs is 3. The predicted octanol–water partition coefficient (Wildman–Crippen LogP) is 6.79. The molecule has 0 unspecified atom stereocenters. The van der Waals surface area contributed by atoms with E-state index in [4.69, 9.17) is 9.41 Å². The average Bonchev–Trinajstić information content (AvgIpc) is 3.23. The molecular weight excluding hydrogens is 390 g/mol. The highest BCUT2D eigenvalue weighted by Gasteiger charge is 2.28. The maximum absolute atomic E-state index is 10.9. The van der Waals surface area contributed by atoms with Crippen molar-refractivity contribution in [3.8, 4) is 11.3 Å². The Labute approximate surface area is 179 Å². The van der Waals surface area contributed by atoms with Crippen molar-refractivity contribution in [1.82, 2.24) is 0 Å². The second-order valence-corrected chi connectivity index (χ2v) is 9.23. The molecule has 30 heavy (non-hydrogen) atoms. The van der Waals surface area contributed by atoms with Gasteiger partial charge in [0.2, 0.25) is 0 Å². The monoisotopic (exact) mass is 411 g/mol. The third-order valence-electron chi connectivity index (χ3n) is 5.38. The molecule has 0 spiro atoms. The summed E-state index contributed by atoms with van der Waals surface area (Å²) in [5.41, 5.74) is 3.41. The first kappa shape index (κ1) is 18.9. The van der Waals surface area contributed by atoms with Crippen LogP contribution < -0.4 is 0 Å². The summed E-state index contributed by atoms with van der Waals surface area (Å²) >= 11 is 1.69. The zero-order valence-electron chi connectivity index (χ0n) is 16.9. The van der Waals surface area contributed by atoms with Crippen molar-refractivity contribution in [2.24, 2.45) is 4.99 Å². The molecule has 4 aromatic rings. The number of hydrogen-bond acceptors (Lipinski definition) is 4. The number of aldehydes is 1. The van der Waals surface area contributed by atoms with Gasteiger partial charge in [-0.15, -0.1) is 0 Å². The van der Waals surface area contributed by atoms with E-state index in [0.29, 0.717) is 11.5 Å². The molecule has 3 aromatic carbocycles. The van der Waals surface area contributed by atoms with Crippen molar-refractivity contribution in [1.29, 1.82) is 0 Å². The molecule has 3 nitrogen and oxygen atoms in total. The van der Waals surface area contributed by atoms with Crippen molar-refractivity contribution < 1.29 is 9.21 Å². The van der Waals surface area contributed by atoms with Gasteiger partial charge in [0.1, 0.15) is 10.8 Å². The number of thioether (sulfide) groups is 1. The Balaban J connectivity index is 1.49. The molecule has 1 aliphatic rings. The Bertz CT molecular complexity index is 1280. The lowest BCUT2D eigenvalue weighted by Crippen LogP contribution is -2.28. The molecule has 0 saturated heterocycles. The average molecular weight is 412 g/mol. The summed E-state index contributed by atoms with van der Waals surface area (Å²) in [6.07, 6.45) is 1.65. The van der Waals surface area contributed by atoms with Crippen LogP contribution in [-0.4, -0.2) is 16.9 Å². The van der Waals surface area contributed by atoms with E-state index in [1.807, 2.05) is 18.2 Å². The van der Waals surface area contributed by atoms with Gasteiger partial charge in [0.25, 0.3) is 0 Å². The summed E-state index contributed by atoms with van der Waals surface area (Å²) in [4.78, 5) is 17.0. The highest BCUT2D eigenvalue weighted by atomic mass is 32.2. The normalized spacial score (nSPS) is 14.9. The first-order valence-corrected chi connectivity index (χ1v) is 10.8. The summed E-state index contributed by atoms with van der Waals surface area (Å²) in [5.74, 6) is 1.03. The molecule has 0 bridgehead atoms. The number of carbonyl (C=O) groups excluding carboxylic acids is 1. The quantitative estimate of drug-likeness (QED) is 0.349. The van der Waals surface area contributed by atoms with Gasteiger partial charge in [0, 0.05) is 16.0 Å². The van der Waals surface area contributed by atoms with Crippen LogP contribution in [0.4, 0.5) is 0 Å². The lowest BCUT2D eigenvalue weighted by atomic mass is 9.86. The van der Waals surface area contributed by atoms with Gasteiger partial charge in [-0.05, 0) is 60.9 Å². The third-order valence-corrected chi connectivity index (χ3v) is 6.39. The minimum Gasteiger partial charge on any atom is -0.453 e. The van der Waals surface area contributed by atoms with E-state index in [1.54, 1.807) is 17.8 Å². The third kappa shape index (κ3) is 3.48. The van der Waals surface area contributed by atoms with E-state index in [1.165, 1.54) is 21.9 Å². The van der Waals surface area contributed by atoms with Crippen LogP contribution in [-0.2, 0) is 6.42 Å². The van der Waals surface area contributed by atoms with E-state index in [-0.39, 0.29) is 5.54 Å². The maximum atomic E-state index is 10.9. The molecule has 148 valence electrons. The van der Waals surface area contributed by atoms with Gasteiger partial charge in [-0.2, -0.15) is 0 Å². The number of aliphatic imine (C=N–C) groups is 1. The van der Waals surface area contributed by atoms with Gasteiger partial charge in [-0.3, -0.25) is 9.79 Å². The van der Waals surface area contributed by atoms with Crippen molar-refractivity contribution >= 4 is 33.9 Å². The highest BCUT2D eigenvalue weighted by molar-refractivity contribution is 8.14. The van der Waals surface area contributed by atoms with Crippen LogP contribution in [0.15, 0.2) is 87.1 Å².